The molecule has 1 amide bonds. The Hall–Kier alpha value is -2.04. The minimum absolute atomic E-state index is 0.117. The molecule has 1 aromatic rings. The van der Waals surface area contributed by atoms with E-state index in [4.69, 9.17) is 4.74 Å². The zero-order valence-corrected chi connectivity index (χ0v) is 13.0. The summed E-state index contributed by atoms with van der Waals surface area (Å²) in [5, 5.41) is 11.9. The quantitative estimate of drug-likeness (QED) is 0.808. The molecular formula is C16H23NO4. The zero-order valence-electron chi connectivity index (χ0n) is 13.0. The number of methoxy groups -OCH3 is 1. The number of ether oxygens (including phenoxy) is 1. The molecule has 0 aromatic heterocycles. The Kier molecular flexibility index (Phi) is 5.76. The molecule has 116 valence electrons. The van der Waals surface area contributed by atoms with Crippen molar-refractivity contribution in [3.05, 3.63) is 29.3 Å². The Morgan fingerprint density at radius 3 is 2.57 bits per heavy atom. The SMILES string of the molecule is CCC(C)(CNC(=O)Cc1cc(C)ccc1OC)C(=O)O. The van der Waals surface area contributed by atoms with Gasteiger partial charge in [-0.1, -0.05) is 24.6 Å². The molecule has 2 N–H and O–H groups in total. The van der Waals surface area contributed by atoms with Crippen LogP contribution in [0.25, 0.3) is 0 Å². The van der Waals surface area contributed by atoms with Crippen molar-refractivity contribution < 1.29 is 19.4 Å². The number of rotatable bonds is 7. The first-order chi connectivity index (χ1) is 9.82. The van der Waals surface area contributed by atoms with E-state index in [0.717, 1.165) is 11.1 Å². The fourth-order valence-electron chi connectivity index (χ4n) is 1.93. The summed E-state index contributed by atoms with van der Waals surface area (Å²) in [6, 6.07) is 5.64. The molecule has 0 aliphatic carbocycles. The van der Waals surface area contributed by atoms with Gasteiger partial charge in [0.15, 0.2) is 0 Å². The highest BCUT2D eigenvalue weighted by molar-refractivity contribution is 5.81. The molecule has 0 saturated carbocycles. The maximum atomic E-state index is 12.0. The van der Waals surface area contributed by atoms with Crippen LogP contribution in [0.15, 0.2) is 18.2 Å². The molecule has 0 aliphatic heterocycles. The summed E-state index contributed by atoms with van der Waals surface area (Å²) >= 11 is 0. The standard InChI is InChI=1S/C16H23NO4/c1-5-16(3,15(19)20)10-17-14(18)9-12-8-11(2)6-7-13(12)21-4/h6-8H,5,9-10H2,1-4H3,(H,17,18)(H,19,20). The van der Waals surface area contributed by atoms with E-state index >= 15 is 0 Å². The van der Waals surface area contributed by atoms with Crippen molar-refractivity contribution in [3.8, 4) is 5.75 Å². The van der Waals surface area contributed by atoms with Gasteiger partial charge in [-0.25, -0.2) is 0 Å². The molecular weight excluding hydrogens is 270 g/mol. The van der Waals surface area contributed by atoms with Crippen LogP contribution in [0, 0.1) is 12.3 Å². The average molecular weight is 293 g/mol. The van der Waals surface area contributed by atoms with Crippen LogP contribution < -0.4 is 10.1 Å². The lowest BCUT2D eigenvalue weighted by atomic mass is 9.87. The summed E-state index contributed by atoms with van der Waals surface area (Å²) in [6.45, 7) is 5.48. The summed E-state index contributed by atoms with van der Waals surface area (Å²) < 4.78 is 5.23. The van der Waals surface area contributed by atoms with E-state index in [2.05, 4.69) is 5.32 Å². The van der Waals surface area contributed by atoms with E-state index < -0.39 is 11.4 Å². The Labute approximate surface area is 125 Å². The first-order valence-corrected chi connectivity index (χ1v) is 6.96. The van der Waals surface area contributed by atoms with Crippen molar-refractivity contribution in [2.75, 3.05) is 13.7 Å². The van der Waals surface area contributed by atoms with Gasteiger partial charge in [0.2, 0.25) is 5.91 Å². The number of carboxylic acids is 1. The molecule has 5 nitrogen and oxygen atoms in total. The smallest absolute Gasteiger partial charge is 0.311 e. The maximum Gasteiger partial charge on any atom is 0.311 e. The van der Waals surface area contributed by atoms with Crippen molar-refractivity contribution in [2.45, 2.75) is 33.6 Å². The zero-order chi connectivity index (χ0) is 16.0. The molecule has 0 heterocycles. The van der Waals surface area contributed by atoms with Gasteiger partial charge in [-0.2, -0.15) is 0 Å². The predicted molar refractivity (Wildman–Crippen MR) is 80.5 cm³/mol. The molecule has 1 atom stereocenters. The molecule has 1 aromatic carbocycles. The van der Waals surface area contributed by atoms with Gasteiger partial charge in [0, 0.05) is 12.1 Å². The van der Waals surface area contributed by atoms with E-state index in [9.17, 15) is 14.7 Å². The number of aliphatic carboxylic acids is 1. The highest BCUT2D eigenvalue weighted by Gasteiger charge is 2.31. The fraction of sp³-hybridized carbons (Fsp3) is 0.500. The Morgan fingerprint density at radius 1 is 1.38 bits per heavy atom. The van der Waals surface area contributed by atoms with Gasteiger partial charge in [0.1, 0.15) is 5.75 Å². The maximum absolute atomic E-state index is 12.0. The number of carboxylic acid groups (broad SMARTS) is 1. The van der Waals surface area contributed by atoms with Gasteiger partial charge < -0.3 is 15.2 Å². The van der Waals surface area contributed by atoms with Crippen LogP contribution in [0.3, 0.4) is 0 Å². The number of hydrogen-bond acceptors (Lipinski definition) is 3. The number of amides is 1. The summed E-state index contributed by atoms with van der Waals surface area (Å²) in [5.41, 5.74) is 0.901. The number of hydrogen-bond donors (Lipinski definition) is 2. The lowest BCUT2D eigenvalue weighted by Crippen LogP contribution is -2.41. The Bertz CT molecular complexity index is 527. The topological polar surface area (TPSA) is 75.6 Å². The molecule has 0 spiro atoms. The minimum Gasteiger partial charge on any atom is -0.496 e. The van der Waals surface area contributed by atoms with Crippen LogP contribution >= 0.6 is 0 Å². The lowest BCUT2D eigenvalue weighted by Gasteiger charge is -2.23. The van der Waals surface area contributed by atoms with Gasteiger partial charge in [-0.3, -0.25) is 9.59 Å². The summed E-state index contributed by atoms with van der Waals surface area (Å²) in [4.78, 5) is 23.2. The third kappa shape index (κ3) is 4.48. The van der Waals surface area contributed by atoms with Gasteiger partial charge in [-0.15, -0.1) is 0 Å². The molecule has 0 aliphatic rings. The molecule has 0 bridgehead atoms. The van der Waals surface area contributed by atoms with Gasteiger partial charge in [-0.05, 0) is 26.3 Å². The van der Waals surface area contributed by atoms with Crippen LogP contribution in [-0.4, -0.2) is 30.6 Å². The van der Waals surface area contributed by atoms with Crippen molar-refractivity contribution in [1.82, 2.24) is 5.32 Å². The van der Waals surface area contributed by atoms with Crippen LogP contribution in [0.5, 0.6) is 5.75 Å². The molecule has 1 unspecified atom stereocenters. The van der Waals surface area contributed by atoms with E-state index in [1.165, 1.54) is 0 Å². The molecule has 0 fully saturated rings. The van der Waals surface area contributed by atoms with Gasteiger partial charge in [0.05, 0.1) is 18.9 Å². The molecule has 5 heteroatoms. The largest absolute Gasteiger partial charge is 0.496 e. The van der Waals surface area contributed by atoms with Crippen molar-refractivity contribution in [1.29, 1.82) is 0 Å². The minimum atomic E-state index is -0.938. The van der Waals surface area contributed by atoms with E-state index in [-0.39, 0.29) is 18.9 Å². The van der Waals surface area contributed by atoms with Crippen molar-refractivity contribution in [2.24, 2.45) is 5.41 Å². The van der Waals surface area contributed by atoms with Gasteiger partial charge >= 0.3 is 5.97 Å². The first-order valence-electron chi connectivity index (χ1n) is 6.96. The lowest BCUT2D eigenvalue weighted by molar-refractivity contribution is -0.148. The third-order valence-corrected chi connectivity index (χ3v) is 3.76. The number of carbonyl (C=O) groups excluding carboxylic acids is 1. The average Bonchev–Trinajstić information content (AvgIpc) is 2.44. The van der Waals surface area contributed by atoms with Crippen molar-refractivity contribution in [3.63, 3.8) is 0 Å². The number of benzene rings is 1. The summed E-state index contributed by atoms with van der Waals surface area (Å²) in [7, 11) is 1.56. The highest BCUT2D eigenvalue weighted by Crippen LogP contribution is 2.22. The number of nitrogens with one attached hydrogen (secondary N) is 1. The molecule has 0 saturated heterocycles. The number of carbonyl (C=O) groups is 2. The molecule has 0 radical (unpaired) electrons. The first kappa shape index (κ1) is 17.0. The predicted octanol–water partition coefficient (Wildman–Crippen LogP) is 2.16. The third-order valence-electron chi connectivity index (χ3n) is 3.76. The highest BCUT2D eigenvalue weighted by atomic mass is 16.5. The van der Waals surface area contributed by atoms with Crippen LogP contribution in [0.1, 0.15) is 31.4 Å². The number of aryl methyl sites for hydroxylation is 1. The molecule has 21 heavy (non-hydrogen) atoms. The Morgan fingerprint density at radius 2 is 2.05 bits per heavy atom. The molecule has 1 rings (SSSR count). The second-order valence-corrected chi connectivity index (χ2v) is 5.49. The fourth-order valence-corrected chi connectivity index (χ4v) is 1.93. The van der Waals surface area contributed by atoms with E-state index in [1.807, 2.05) is 25.1 Å². The van der Waals surface area contributed by atoms with Crippen molar-refractivity contribution >= 4 is 11.9 Å². The van der Waals surface area contributed by atoms with Crippen LogP contribution in [-0.2, 0) is 16.0 Å². The summed E-state index contributed by atoms with van der Waals surface area (Å²) in [6.07, 6.45) is 0.626. The monoisotopic (exact) mass is 293 g/mol. The summed E-state index contributed by atoms with van der Waals surface area (Å²) in [5.74, 6) is -0.453. The second kappa shape index (κ2) is 7.11. The van der Waals surface area contributed by atoms with E-state index in [0.29, 0.717) is 12.2 Å². The Balaban J connectivity index is 2.70. The second-order valence-electron chi connectivity index (χ2n) is 5.49. The van der Waals surface area contributed by atoms with E-state index in [1.54, 1.807) is 21.0 Å². The van der Waals surface area contributed by atoms with Crippen LogP contribution in [0.4, 0.5) is 0 Å². The van der Waals surface area contributed by atoms with Gasteiger partial charge in [0.25, 0.3) is 0 Å². The normalized spacial score (nSPS) is 13.3. The van der Waals surface area contributed by atoms with Crippen LogP contribution in [0.2, 0.25) is 0 Å².